The Labute approximate surface area is 103 Å². The third kappa shape index (κ3) is 4.95. The Kier molecular flexibility index (Phi) is 6.25. The van der Waals surface area contributed by atoms with Gasteiger partial charge in [0.2, 0.25) is 0 Å². The van der Waals surface area contributed by atoms with Crippen LogP contribution >= 0.6 is 0 Å². The standard InChI is InChI=1S/C13H21N3O/c1-2-5-11(7-8-14)10-16-13(17)12-6-3-4-9-15-12/h3-4,6,9,11H,2,5,7-8,10,14H2,1H3,(H,16,17). The van der Waals surface area contributed by atoms with Crippen LogP contribution < -0.4 is 11.1 Å². The molecule has 1 atom stereocenters. The number of rotatable bonds is 7. The lowest BCUT2D eigenvalue weighted by Crippen LogP contribution is -2.30. The average molecular weight is 235 g/mol. The monoisotopic (exact) mass is 235 g/mol. The highest BCUT2D eigenvalue weighted by molar-refractivity contribution is 5.92. The molecule has 0 spiro atoms. The van der Waals surface area contributed by atoms with E-state index in [2.05, 4.69) is 17.2 Å². The van der Waals surface area contributed by atoms with Gasteiger partial charge in [-0.15, -0.1) is 0 Å². The van der Waals surface area contributed by atoms with Gasteiger partial charge >= 0.3 is 0 Å². The van der Waals surface area contributed by atoms with E-state index in [4.69, 9.17) is 5.73 Å². The number of hydrogen-bond donors (Lipinski definition) is 2. The van der Waals surface area contributed by atoms with Crippen LogP contribution in [0.15, 0.2) is 24.4 Å². The number of aromatic nitrogens is 1. The number of pyridine rings is 1. The smallest absolute Gasteiger partial charge is 0.269 e. The Morgan fingerprint density at radius 2 is 2.29 bits per heavy atom. The molecule has 1 unspecified atom stereocenters. The van der Waals surface area contributed by atoms with Gasteiger partial charge in [0.1, 0.15) is 5.69 Å². The van der Waals surface area contributed by atoms with Gasteiger partial charge in [-0.25, -0.2) is 0 Å². The first-order chi connectivity index (χ1) is 8.27. The number of nitrogens with zero attached hydrogens (tertiary/aromatic N) is 1. The van der Waals surface area contributed by atoms with Gasteiger partial charge in [-0.05, 0) is 37.4 Å². The minimum Gasteiger partial charge on any atom is -0.350 e. The quantitative estimate of drug-likeness (QED) is 0.754. The summed E-state index contributed by atoms with van der Waals surface area (Å²) in [5.41, 5.74) is 6.02. The molecule has 1 amide bonds. The number of nitrogens with one attached hydrogen (secondary N) is 1. The van der Waals surface area contributed by atoms with Crippen LogP contribution in [-0.2, 0) is 0 Å². The third-order valence-corrected chi connectivity index (χ3v) is 2.72. The third-order valence-electron chi connectivity index (χ3n) is 2.72. The number of hydrogen-bond acceptors (Lipinski definition) is 3. The molecule has 1 heterocycles. The van der Waals surface area contributed by atoms with Crippen LogP contribution in [0.1, 0.15) is 36.7 Å². The zero-order valence-corrected chi connectivity index (χ0v) is 10.4. The molecule has 0 radical (unpaired) electrons. The first-order valence-corrected chi connectivity index (χ1v) is 6.17. The maximum atomic E-state index is 11.8. The van der Waals surface area contributed by atoms with Gasteiger partial charge in [-0.1, -0.05) is 19.4 Å². The summed E-state index contributed by atoms with van der Waals surface area (Å²) in [4.78, 5) is 15.8. The summed E-state index contributed by atoms with van der Waals surface area (Å²) in [6.07, 6.45) is 4.79. The van der Waals surface area contributed by atoms with E-state index in [1.165, 1.54) is 0 Å². The van der Waals surface area contributed by atoms with Crippen LogP contribution in [0.3, 0.4) is 0 Å². The van der Waals surface area contributed by atoms with Crippen LogP contribution in [-0.4, -0.2) is 24.0 Å². The van der Waals surface area contributed by atoms with Gasteiger partial charge in [-0.3, -0.25) is 9.78 Å². The van der Waals surface area contributed by atoms with Crippen LogP contribution in [0.25, 0.3) is 0 Å². The minimum atomic E-state index is -0.108. The molecule has 4 nitrogen and oxygen atoms in total. The second kappa shape index (κ2) is 7.79. The van der Waals surface area contributed by atoms with Gasteiger partial charge in [0.05, 0.1) is 0 Å². The lowest BCUT2D eigenvalue weighted by atomic mass is 10.00. The molecule has 3 N–H and O–H groups in total. The summed E-state index contributed by atoms with van der Waals surface area (Å²) in [7, 11) is 0. The minimum absolute atomic E-state index is 0.108. The highest BCUT2D eigenvalue weighted by Crippen LogP contribution is 2.09. The number of amides is 1. The van der Waals surface area contributed by atoms with Crippen LogP contribution in [0.2, 0.25) is 0 Å². The molecule has 0 aliphatic rings. The fraction of sp³-hybridized carbons (Fsp3) is 0.538. The molecule has 4 heteroatoms. The zero-order valence-electron chi connectivity index (χ0n) is 10.4. The molecule has 0 bridgehead atoms. The lowest BCUT2D eigenvalue weighted by Gasteiger charge is -2.15. The molecular formula is C13H21N3O. The highest BCUT2D eigenvalue weighted by atomic mass is 16.1. The van der Waals surface area contributed by atoms with Crippen molar-refractivity contribution < 1.29 is 4.79 Å². The Bertz CT molecular complexity index is 321. The Balaban J connectivity index is 2.41. The maximum Gasteiger partial charge on any atom is 0.269 e. The van der Waals surface area contributed by atoms with Crippen molar-refractivity contribution in [3.05, 3.63) is 30.1 Å². The van der Waals surface area contributed by atoms with Crippen LogP contribution in [0.4, 0.5) is 0 Å². The van der Waals surface area contributed by atoms with Crippen LogP contribution in [0.5, 0.6) is 0 Å². The SMILES string of the molecule is CCCC(CCN)CNC(=O)c1ccccn1. The predicted octanol–water partition coefficient (Wildman–Crippen LogP) is 1.58. The summed E-state index contributed by atoms with van der Waals surface area (Å²) in [6, 6.07) is 5.32. The van der Waals surface area contributed by atoms with Crippen molar-refractivity contribution in [3.63, 3.8) is 0 Å². The summed E-state index contributed by atoms with van der Waals surface area (Å²) < 4.78 is 0. The summed E-state index contributed by atoms with van der Waals surface area (Å²) >= 11 is 0. The molecule has 0 aromatic carbocycles. The molecule has 0 saturated heterocycles. The van der Waals surface area contributed by atoms with Gasteiger partial charge in [-0.2, -0.15) is 0 Å². The molecule has 94 valence electrons. The fourth-order valence-corrected chi connectivity index (χ4v) is 1.82. The van der Waals surface area contributed by atoms with E-state index >= 15 is 0 Å². The predicted molar refractivity (Wildman–Crippen MR) is 68.6 cm³/mol. The molecule has 0 aliphatic carbocycles. The maximum absolute atomic E-state index is 11.8. The van der Waals surface area contributed by atoms with Crippen molar-refractivity contribution in [2.45, 2.75) is 26.2 Å². The first kappa shape index (κ1) is 13.6. The Morgan fingerprint density at radius 3 is 2.88 bits per heavy atom. The van der Waals surface area contributed by atoms with Crippen molar-refractivity contribution in [1.29, 1.82) is 0 Å². The second-order valence-electron chi connectivity index (χ2n) is 4.16. The molecular weight excluding hydrogens is 214 g/mol. The number of nitrogens with two attached hydrogens (primary N) is 1. The second-order valence-corrected chi connectivity index (χ2v) is 4.16. The number of carbonyl (C=O) groups is 1. The van der Waals surface area contributed by atoms with E-state index in [0.29, 0.717) is 24.7 Å². The zero-order chi connectivity index (χ0) is 12.5. The molecule has 0 saturated carbocycles. The van der Waals surface area contributed by atoms with E-state index in [-0.39, 0.29) is 5.91 Å². The molecule has 0 fully saturated rings. The van der Waals surface area contributed by atoms with Crippen molar-refractivity contribution in [3.8, 4) is 0 Å². The topological polar surface area (TPSA) is 68.0 Å². The lowest BCUT2D eigenvalue weighted by molar-refractivity contribution is 0.0940. The Morgan fingerprint density at radius 1 is 1.47 bits per heavy atom. The van der Waals surface area contributed by atoms with Crippen molar-refractivity contribution in [2.75, 3.05) is 13.1 Å². The largest absolute Gasteiger partial charge is 0.350 e. The van der Waals surface area contributed by atoms with E-state index in [1.807, 2.05) is 6.07 Å². The van der Waals surface area contributed by atoms with Crippen LogP contribution in [0, 0.1) is 5.92 Å². The van der Waals surface area contributed by atoms with Gasteiger partial charge in [0.15, 0.2) is 0 Å². The molecule has 1 rings (SSSR count). The van der Waals surface area contributed by atoms with E-state index in [0.717, 1.165) is 19.3 Å². The van der Waals surface area contributed by atoms with Crippen molar-refractivity contribution in [1.82, 2.24) is 10.3 Å². The van der Waals surface area contributed by atoms with E-state index in [9.17, 15) is 4.79 Å². The average Bonchev–Trinajstić information content (AvgIpc) is 2.37. The van der Waals surface area contributed by atoms with Gasteiger partial charge in [0.25, 0.3) is 5.91 Å². The Hall–Kier alpha value is -1.42. The van der Waals surface area contributed by atoms with E-state index in [1.54, 1.807) is 18.3 Å². The normalized spacial score (nSPS) is 12.1. The summed E-state index contributed by atoms with van der Waals surface area (Å²) in [5, 5.41) is 2.91. The highest BCUT2D eigenvalue weighted by Gasteiger charge is 2.10. The first-order valence-electron chi connectivity index (χ1n) is 6.17. The van der Waals surface area contributed by atoms with Gasteiger partial charge in [0, 0.05) is 12.7 Å². The molecule has 0 aliphatic heterocycles. The van der Waals surface area contributed by atoms with E-state index < -0.39 is 0 Å². The summed E-state index contributed by atoms with van der Waals surface area (Å²) in [5.74, 6) is 0.362. The van der Waals surface area contributed by atoms with Crippen molar-refractivity contribution in [2.24, 2.45) is 11.7 Å². The van der Waals surface area contributed by atoms with Gasteiger partial charge < -0.3 is 11.1 Å². The van der Waals surface area contributed by atoms with Crippen molar-refractivity contribution >= 4 is 5.91 Å². The number of carbonyl (C=O) groups excluding carboxylic acids is 1. The molecule has 17 heavy (non-hydrogen) atoms. The summed E-state index contributed by atoms with van der Waals surface area (Å²) in [6.45, 7) is 3.49. The molecule has 1 aromatic rings. The molecule has 1 aromatic heterocycles. The fourth-order valence-electron chi connectivity index (χ4n) is 1.82.